The zero-order valence-electron chi connectivity index (χ0n) is 18.4. The van der Waals surface area contributed by atoms with E-state index in [2.05, 4.69) is 0 Å². The standard InChI is InChI=1S/C25H23F2N3O3/c1-4-15(25(28)32)24-17-11-20(31)30(2)12-18(17)16-9-10-19(33-3)22(27)21(16)23(29-24)13-5-7-14(26)8-6-13/h5-12,15,24H,4H2,1-3H3,(H2,28,32). The summed E-state index contributed by atoms with van der Waals surface area (Å²) in [6.45, 7) is 1.80. The summed E-state index contributed by atoms with van der Waals surface area (Å²) < 4.78 is 36.0. The zero-order valence-corrected chi connectivity index (χ0v) is 18.4. The molecule has 1 aliphatic rings. The number of aromatic nitrogens is 1. The molecule has 2 N–H and O–H groups in total. The number of carbonyl (C=O) groups is 1. The first-order chi connectivity index (χ1) is 15.8. The third kappa shape index (κ3) is 3.82. The fraction of sp³-hybridized carbons (Fsp3) is 0.240. The summed E-state index contributed by atoms with van der Waals surface area (Å²) in [7, 11) is 2.95. The maximum Gasteiger partial charge on any atom is 0.250 e. The fourth-order valence-corrected chi connectivity index (χ4v) is 4.27. The highest BCUT2D eigenvalue weighted by Crippen LogP contribution is 2.43. The van der Waals surface area contributed by atoms with Crippen LogP contribution in [0.3, 0.4) is 0 Å². The maximum atomic E-state index is 15.8. The molecule has 0 fully saturated rings. The van der Waals surface area contributed by atoms with Gasteiger partial charge in [-0.2, -0.15) is 0 Å². The third-order valence-corrected chi connectivity index (χ3v) is 6.00. The molecule has 0 saturated carbocycles. The van der Waals surface area contributed by atoms with Gasteiger partial charge in [0.2, 0.25) is 5.91 Å². The Labute approximate surface area is 189 Å². The van der Waals surface area contributed by atoms with E-state index in [-0.39, 0.29) is 22.6 Å². The quantitative estimate of drug-likeness (QED) is 0.641. The summed E-state index contributed by atoms with van der Waals surface area (Å²) in [5.41, 5.74) is 7.73. The Morgan fingerprint density at radius 1 is 1.18 bits per heavy atom. The lowest BCUT2D eigenvalue weighted by molar-refractivity contribution is -0.122. The first kappa shape index (κ1) is 22.4. The first-order valence-electron chi connectivity index (χ1n) is 10.5. The van der Waals surface area contributed by atoms with Gasteiger partial charge in [-0.1, -0.05) is 6.92 Å². The maximum absolute atomic E-state index is 15.8. The van der Waals surface area contributed by atoms with Gasteiger partial charge in [0.05, 0.1) is 24.8 Å². The Morgan fingerprint density at radius 2 is 1.88 bits per heavy atom. The normalized spacial score (nSPS) is 15.7. The van der Waals surface area contributed by atoms with Crippen LogP contribution >= 0.6 is 0 Å². The second-order valence-corrected chi connectivity index (χ2v) is 7.94. The van der Waals surface area contributed by atoms with E-state index in [1.54, 1.807) is 26.2 Å². The summed E-state index contributed by atoms with van der Waals surface area (Å²) in [5, 5.41) is 0. The highest BCUT2D eigenvalue weighted by Gasteiger charge is 2.34. The van der Waals surface area contributed by atoms with E-state index in [1.807, 2.05) is 0 Å². The van der Waals surface area contributed by atoms with Crippen molar-refractivity contribution in [1.29, 1.82) is 0 Å². The number of rotatable bonds is 5. The fourth-order valence-electron chi connectivity index (χ4n) is 4.27. The smallest absolute Gasteiger partial charge is 0.250 e. The molecule has 0 saturated heterocycles. The summed E-state index contributed by atoms with van der Waals surface area (Å²) in [4.78, 5) is 29.7. The van der Waals surface area contributed by atoms with Crippen LogP contribution in [0, 0.1) is 17.6 Å². The van der Waals surface area contributed by atoms with Crippen molar-refractivity contribution >= 4 is 11.6 Å². The van der Waals surface area contributed by atoms with Gasteiger partial charge in [0.15, 0.2) is 11.6 Å². The van der Waals surface area contributed by atoms with Gasteiger partial charge in [0, 0.05) is 36.0 Å². The Kier molecular flexibility index (Phi) is 5.84. The monoisotopic (exact) mass is 451 g/mol. The number of aliphatic imine (C=N–C) groups is 1. The highest BCUT2D eigenvalue weighted by molar-refractivity contribution is 6.17. The number of ether oxygens (including phenoxy) is 1. The molecule has 0 aliphatic carbocycles. The van der Waals surface area contributed by atoms with Crippen molar-refractivity contribution in [3.8, 4) is 16.9 Å². The van der Waals surface area contributed by atoms with Gasteiger partial charge in [0.25, 0.3) is 5.56 Å². The van der Waals surface area contributed by atoms with Gasteiger partial charge in [-0.3, -0.25) is 14.6 Å². The molecule has 33 heavy (non-hydrogen) atoms. The number of fused-ring (bicyclic) bond motifs is 3. The summed E-state index contributed by atoms with van der Waals surface area (Å²) in [6.07, 6.45) is 1.96. The molecule has 0 spiro atoms. The van der Waals surface area contributed by atoms with Crippen LogP contribution in [0.1, 0.15) is 36.1 Å². The third-order valence-electron chi connectivity index (χ3n) is 6.00. The lowest BCUT2D eigenvalue weighted by Gasteiger charge is -2.22. The van der Waals surface area contributed by atoms with E-state index in [0.717, 1.165) is 0 Å². The molecule has 6 nitrogen and oxygen atoms in total. The van der Waals surface area contributed by atoms with Gasteiger partial charge in [0.1, 0.15) is 5.82 Å². The van der Waals surface area contributed by atoms with E-state index < -0.39 is 29.5 Å². The second kappa shape index (κ2) is 8.61. The van der Waals surface area contributed by atoms with Gasteiger partial charge in [-0.25, -0.2) is 8.78 Å². The predicted molar refractivity (Wildman–Crippen MR) is 121 cm³/mol. The number of benzene rings is 2. The topological polar surface area (TPSA) is 86.7 Å². The van der Waals surface area contributed by atoms with Crippen molar-refractivity contribution in [2.24, 2.45) is 23.7 Å². The van der Waals surface area contributed by atoms with Crippen molar-refractivity contribution in [1.82, 2.24) is 4.57 Å². The van der Waals surface area contributed by atoms with E-state index in [9.17, 15) is 14.0 Å². The molecule has 4 rings (SSSR count). The van der Waals surface area contributed by atoms with Crippen molar-refractivity contribution in [3.63, 3.8) is 0 Å². The van der Waals surface area contributed by atoms with Crippen molar-refractivity contribution in [2.75, 3.05) is 7.11 Å². The van der Waals surface area contributed by atoms with Gasteiger partial charge >= 0.3 is 0 Å². The van der Waals surface area contributed by atoms with Gasteiger partial charge < -0.3 is 15.0 Å². The minimum atomic E-state index is -0.839. The molecule has 170 valence electrons. The summed E-state index contributed by atoms with van der Waals surface area (Å²) >= 11 is 0. The lowest BCUT2D eigenvalue weighted by Crippen LogP contribution is -2.29. The van der Waals surface area contributed by atoms with Crippen LogP contribution < -0.4 is 16.0 Å². The molecular formula is C25H23F2N3O3. The van der Waals surface area contributed by atoms with Crippen molar-refractivity contribution < 1.29 is 18.3 Å². The number of methoxy groups -OCH3 is 1. The Morgan fingerprint density at radius 3 is 2.48 bits per heavy atom. The number of primary amides is 1. The molecule has 8 heteroatoms. The minimum absolute atomic E-state index is 0.00956. The predicted octanol–water partition coefficient (Wildman–Crippen LogP) is 3.74. The largest absolute Gasteiger partial charge is 0.494 e. The molecule has 2 unspecified atom stereocenters. The number of nitrogens with zero attached hydrogens (tertiary/aromatic N) is 2. The average molecular weight is 451 g/mol. The Hall–Kier alpha value is -3.81. The van der Waals surface area contributed by atoms with E-state index >= 15 is 4.39 Å². The number of amides is 1. The highest BCUT2D eigenvalue weighted by atomic mass is 19.1. The molecule has 1 aliphatic heterocycles. The first-order valence-corrected chi connectivity index (χ1v) is 10.5. The molecule has 1 amide bonds. The van der Waals surface area contributed by atoms with Crippen LogP contribution in [0.4, 0.5) is 8.78 Å². The van der Waals surface area contributed by atoms with E-state index in [0.29, 0.717) is 28.7 Å². The number of hydrogen-bond donors (Lipinski definition) is 1. The molecule has 1 aromatic heterocycles. The molecule has 2 atom stereocenters. The van der Waals surface area contributed by atoms with Crippen molar-refractivity contribution in [3.05, 3.63) is 87.3 Å². The molecule has 0 radical (unpaired) electrons. The van der Waals surface area contributed by atoms with Gasteiger partial charge in [-0.05, 0) is 53.9 Å². The van der Waals surface area contributed by atoms with Crippen LogP contribution in [0.25, 0.3) is 11.1 Å². The molecule has 2 heterocycles. The molecular weight excluding hydrogens is 428 g/mol. The number of aryl methyl sites for hydroxylation is 1. The molecule has 2 aromatic carbocycles. The number of halogens is 2. The second-order valence-electron chi connectivity index (χ2n) is 7.94. The van der Waals surface area contributed by atoms with E-state index in [4.69, 9.17) is 15.5 Å². The average Bonchev–Trinajstić information content (AvgIpc) is 2.91. The van der Waals surface area contributed by atoms with Crippen molar-refractivity contribution in [2.45, 2.75) is 19.4 Å². The summed E-state index contributed by atoms with van der Waals surface area (Å²) in [5.74, 6) is -2.42. The zero-order chi connectivity index (χ0) is 23.9. The SMILES string of the molecule is CCC(C(N)=O)C1N=C(c2ccc(F)cc2)c2c(ccc(OC)c2F)-c2cn(C)c(=O)cc21. The number of pyridine rings is 1. The summed E-state index contributed by atoms with van der Waals surface area (Å²) in [6, 6.07) is 9.25. The van der Waals surface area contributed by atoms with E-state index in [1.165, 1.54) is 48.1 Å². The van der Waals surface area contributed by atoms with Crippen LogP contribution in [-0.2, 0) is 11.8 Å². The molecule has 0 bridgehead atoms. The lowest BCUT2D eigenvalue weighted by atomic mass is 9.87. The number of hydrogen-bond acceptors (Lipinski definition) is 4. The number of carbonyl (C=O) groups excluding carboxylic acids is 1. The van der Waals surface area contributed by atoms with Crippen LogP contribution in [0.15, 0.2) is 58.4 Å². The Bertz CT molecular complexity index is 1330. The van der Waals surface area contributed by atoms with Crippen LogP contribution in [0.5, 0.6) is 5.75 Å². The Balaban J connectivity index is 2.16. The van der Waals surface area contributed by atoms with Crippen LogP contribution in [-0.4, -0.2) is 23.3 Å². The molecule has 3 aromatic rings. The van der Waals surface area contributed by atoms with Gasteiger partial charge in [-0.15, -0.1) is 0 Å². The number of nitrogens with two attached hydrogens (primary N) is 1. The van der Waals surface area contributed by atoms with Crippen LogP contribution in [0.2, 0.25) is 0 Å². The minimum Gasteiger partial charge on any atom is -0.494 e.